The molecule has 9 nitrogen and oxygen atoms in total. The molecule has 14 heteroatoms. The smallest absolute Gasteiger partial charge is 0.435 e. The number of nitrogens with zero attached hydrogens (tertiary/aromatic N) is 3. The van der Waals surface area contributed by atoms with Gasteiger partial charge in [0, 0.05) is 23.7 Å². The lowest BCUT2D eigenvalue weighted by molar-refractivity contribution is -0.142. The molecule has 202 valence electrons. The summed E-state index contributed by atoms with van der Waals surface area (Å²) in [7, 11) is -2.47. The zero-order valence-electron chi connectivity index (χ0n) is 20.6. The van der Waals surface area contributed by atoms with Crippen molar-refractivity contribution in [1.82, 2.24) is 15.2 Å². The Bertz CT molecular complexity index is 1540. The van der Waals surface area contributed by atoms with Crippen LogP contribution in [0.3, 0.4) is 0 Å². The predicted octanol–water partition coefficient (Wildman–Crippen LogP) is 4.85. The lowest BCUT2D eigenvalue weighted by atomic mass is 10.00. The maximum atomic E-state index is 15.2. The molecular formula is C24H22F4N4O5S. The number of ether oxygens (including phenoxy) is 2. The van der Waals surface area contributed by atoms with Crippen LogP contribution >= 0.6 is 0 Å². The van der Waals surface area contributed by atoms with E-state index in [9.17, 15) is 26.4 Å². The Balaban J connectivity index is 1.78. The number of amides is 1. The van der Waals surface area contributed by atoms with Gasteiger partial charge in [0.05, 0.1) is 12.0 Å². The van der Waals surface area contributed by atoms with Crippen molar-refractivity contribution >= 4 is 21.4 Å². The van der Waals surface area contributed by atoms with Gasteiger partial charge in [-0.25, -0.2) is 17.8 Å². The molecule has 1 aromatic carbocycles. The molecule has 2 aromatic heterocycles. The largest absolute Gasteiger partial charge is 0.489 e. The minimum atomic E-state index is -4.95. The molecule has 1 amide bonds. The van der Waals surface area contributed by atoms with Crippen molar-refractivity contribution in [2.45, 2.75) is 43.2 Å². The van der Waals surface area contributed by atoms with Crippen molar-refractivity contribution in [3.63, 3.8) is 0 Å². The number of nitrogens with one attached hydrogen (secondary N) is 1. The zero-order valence-corrected chi connectivity index (χ0v) is 21.4. The number of carbonyl (C=O) groups is 1. The van der Waals surface area contributed by atoms with Crippen LogP contribution in [0, 0.1) is 12.7 Å². The number of aromatic nitrogens is 3. The standard InChI is InChI=1S/C24H22F4N4O5S/c1-12-16(20(33)30-13-6-5-7-14(10-13)38(4,34)35)21(32-31-19(12)24(26,27)28)37-22-18(36-3)17(25)15(11-29-22)23(2)8-9-23/h5-7,10-11H,8-9H2,1-4H3,(H,30,33). The Morgan fingerprint density at radius 2 is 1.84 bits per heavy atom. The fourth-order valence-corrected chi connectivity index (χ4v) is 4.45. The maximum Gasteiger partial charge on any atom is 0.435 e. The molecule has 0 radical (unpaired) electrons. The molecule has 0 saturated heterocycles. The summed E-state index contributed by atoms with van der Waals surface area (Å²) in [6, 6.07) is 5.12. The van der Waals surface area contributed by atoms with Crippen LogP contribution < -0.4 is 14.8 Å². The van der Waals surface area contributed by atoms with Crippen molar-refractivity contribution in [2.24, 2.45) is 0 Å². The number of methoxy groups -OCH3 is 1. The Hall–Kier alpha value is -3.81. The highest BCUT2D eigenvalue weighted by molar-refractivity contribution is 7.90. The van der Waals surface area contributed by atoms with Crippen molar-refractivity contribution in [1.29, 1.82) is 0 Å². The molecule has 0 unspecified atom stereocenters. The summed E-state index contributed by atoms with van der Waals surface area (Å²) in [5.74, 6) is -3.44. The van der Waals surface area contributed by atoms with Crippen LogP contribution in [0.5, 0.6) is 17.5 Å². The van der Waals surface area contributed by atoms with Crippen LogP contribution in [-0.2, 0) is 21.4 Å². The number of halogens is 4. The number of sulfone groups is 1. The van der Waals surface area contributed by atoms with E-state index in [-0.39, 0.29) is 10.6 Å². The molecule has 2 heterocycles. The van der Waals surface area contributed by atoms with Gasteiger partial charge in [-0.2, -0.15) is 13.2 Å². The van der Waals surface area contributed by atoms with E-state index in [0.29, 0.717) is 5.56 Å². The summed E-state index contributed by atoms with van der Waals surface area (Å²) in [4.78, 5) is 17.1. The number of hydrogen-bond acceptors (Lipinski definition) is 8. The molecule has 1 aliphatic carbocycles. The van der Waals surface area contributed by atoms with Gasteiger partial charge in [-0.3, -0.25) is 4.79 Å². The molecule has 1 fully saturated rings. The predicted molar refractivity (Wildman–Crippen MR) is 127 cm³/mol. The average Bonchev–Trinajstić information content (AvgIpc) is 3.56. The zero-order chi connectivity index (χ0) is 28.0. The van der Waals surface area contributed by atoms with E-state index < -0.39 is 67.5 Å². The molecule has 0 atom stereocenters. The summed E-state index contributed by atoms with van der Waals surface area (Å²) < 4.78 is 90.3. The van der Waals surface area contributed by atoms with E-state index in [2.05, 4.69) is 20.5 Å². The SMILES string of the molecule is COc1c(Oc2nnc(C(F)(F)F)c(C)c2C(=O)Nc2cccc(S(C)(=O)=O)c2)ncc(C2(C)CC2)c1F. The van der Waals surface area contributed by atoms with Crippen LogP contribution in [-0.4, -0.2) is 42.9 Å². The van der Waals surface area contributed by atoms with Gasteiger partial charge in [0.15, 0.2) is 21.3 Å². The van der Waals surface area contributed by atoms with Crippen LogP contribution in [0.15, 0.2) is 35.4 Å². The van der Waals surface area contributed by atoms with E-state index in [1.54, 1.807) is 0 Å². The highest BCUT2D eigenvalue weighted by Crippen LogP contribution is 2.50. The number of hydrogen-bond donors (Lipinski definition) is 1. The van der Waals surface area contributed by atoms with Crippen LogP contribution in [0.4, 0.5) is 23.2 Å². The lowest BCUT2D eigenvalue weighted by Crippen LogP contribution is -2.21. The summed E-state index contributed by atoms with van der Waals surface area (Å²) in [6.45, 7) is 2.84. The first-order valence-electron chi connectivity index (χ1n) is 11.1. The number of anilines is 1. The van der Waals surface area contributed by atoms with Crippen molar-refractivity contribution in [3.8, 4) is 17.5 Å². The number of rotatable bonds is 7. The Morgan fingerprint density at radius 1 is 1.16 bits per heavy atom. The molecule has 38 heavy (non-hydrogen) atoms. The van der Waals surface area contributed by atoms with Crippen molar-refractivity contribution in [3.05, 3.63) is 58.7 Å². The molecule has 3 aromatic rings. The molecular weight excluding hydrogens is 532 g/mol. The van der Waals surface area contributed by atoms with E-state index in [1.807, 2.05) is 6.92 Å². The summed E-state index contributed by atoms with van der Waals surface area (Å²) in [5.41, 5.74) is -2.87. The van der Waals surface area contributed by atoms with Gasteiger partial charge in [-0.05, 0) is 48.9 Å². The highest BCUT2D eigenvalue weighted by atomic mass is 32.2. The van der Waals surface area contributed by atoms with Crippen molar-refractivity contribution < 1.29 is 40.2 Å². The second kappa shape index (κ2) is 9.49. The number of pyridine rings is 1. The molecule has 4 rings (SSSR count). The van der Waals surface area contributed by atoms with Crippen LogP contribution in [0.2, 0.25) is 0 Å². The van der Waals surface area contributed by atoms with Gasteiger partial charge in [-0.1, -0.05) is 13.0 Å². The molecule has 1 N–H and O–H groups in total. The highest BCUT2D eigenvalue weighted by Gasteiger charge is 2.43. The fourth-order valence-electron chi connectivity index (χ4n) is 3.78. The first kappa shape index (κ1) is 27.2. The van der Waals surface area contributed by atoms with E-state index >= 15 is 4.39 Å². The van der Waals surface area contributed by atoms with Crippen molar-refractivity contribution in [2.75, 3.05) is 18.7 Å². The normalized spacial score (nSPS) is 14.6. The van der Waals surface area contributed by atoms with Gasteiger partial charge in [0.2, 0.25) is 5.75 Å². The van der Waals surface area contributed by atoms with Crippen LogP contribution in [0.1, 0.15) is 46.9 Å². The van der Waals surface area contributed by atoms with Gasteiger partial charge in [0.25, 0.3) is 17.7 Å². The Morgan fingerprint density at radius 3 is 2.42 bits per heavy atom. The molecule has 0 spiro atoms. The fraction of sp³-hybridized carbons (Fsp3) is 0.333. The molecule has 0 aliphatic heterocycles. The second-order valence-electron chi connectivity index (χ2n) is 9.09. The number of carbonyl (C=O) groups excluding carboxylic acids is 1. The van der Waals surface area contributed by atoms with Gasteiger partial charge in [-0.15, -0.1) is 10.2 Å². The third-order valence-corrected chi connectivity index (χ3v) is 7.30. The number of alkyl halides is 3. The van der Waals surface area contributed by atoms with E-state index in [0.717, 1.165) is 39.2 Å². The first-order valence-corrected chi connectivity index (χ1v) is 13.0. The number of benzene rings is 1. The minimum Gasteiger partial charge on any atom is -0.489 e. The quantitative estimate of drug-likeness (QED) is 0.412. The molecule has 0 bridgehead atoms. The Kier molecular flexibility index (Phi) is 6.80. The van der Waals surface area contributed by atoms with E-state index in [1.165, 1.54) is 24.4 Å². The summed E-state index contributed by atoms with van der Waals surface area (Å²) in [6.07, 6.45) is -1.28. The van der Waals surface area contributed by atoms with Gasteiger partial charge < -0.3 is 14.8 Å². The lowest BCUT2D eigenvalue weighted by Gasteiger charge is -2.18. The van der Waals surface area contributed by atoms with Crippen LogP contribution in [0.25, 0.3) is 0 Å². The Labute approximate surface area is 215 Å². The third-order valence-electron chi connectivity index (χ3n) is 6.19. The summed E-state index contributed by atoms with van der Waals surface area (Å²) >= 11 is 0. The molecule has 1 saturated carbocycles. The van der Waals surface area contributed by atoms with Gasteiger partial charge >= 0.3 is 6.18 Å². The molecule has 1 aliphatic rings. The summed E-state index contributed by atoms with van der Waals surface area (Å²) in [5, 5.41) is 8.96. The third kappa shape index (κ3) is 5.26. The average molecular weight is 555 g/mol. The topological polar surface area (TPSA) is 120 Å². The van der Waals surface area contributed by atoms with Gasteiger partial charge in [0.1, 0.15) is 5.56 Å². The maximum absolute atomic E-state index is 15.2. The monoisotopic (exact) mass is 554 g/mol. The first-order chi connectivity index (χ1) is 17.7. The second-order valence-corrected chi connectivity index (χ2v) is 11.1. The minimum absolute atomic E-state index is 0.0163. The van der Waals surface area contributed by atoms with E-state index in [4.69, 9.17) is 9.47 Å².